The second kappa shape index (κ2) is 3.23. The van der Waals surface area contributed by atoms with Crippen LogP contribution in [0.3, 0.4) is 0 Å². The highest BCUT2D eigenvalue weighted by Gasteiger charge is 2.10. The van der Waals surface area contributed by atoms with E-state index in [2.05, 4.69) is 0 Å². The Kier molecular flexibility index (Phi) is 2.07. The van der Waals surface area contributed by atoms with Gasteiger partial charge in [0.1, 0.15) is 5.58 Å². The van der Waals surface area contributed by atoms with Gasteiger partial charge in [-0.1, -0.05) is 25.1 Å². The van der Waals surface area contributed by atoms with Crippen molar-refractivity contribution in [2.75, 3.05) is 6.61 Å². The van der Waals surface area contributed by atoms with Crippen LogP contribution in [0, 0.1) is 0 Å². The van der Waals surface area contributed by atoms with Crippen LogP contribution in [-0.2, 0) is 0 Å². The van der Waals surface area contributed by atoms with Crippen LogP contribution in [0.15, 0.2) is 34.9 Å². The molecule has 0 bridgehead atoms. The summed E-state index contributed by atoms with van der Waals surface area (Å²) in [5.74, 6) is 0.142. The quantitative estimate of drug-likeness (QED) is 0.762. The van der Waals surface area contributed by atoms with Crippen molar-refractivity contribution >= 4 is 11.0 Å². The predicted molar refractivity (Wildman–Crippen MR) is 51.7 cm³/mol. The summed E-state index contributed by atoms with van der Waals surface area (Å²) in [7, 11) is 0. The largest absolute Gasteiger partial charge is 0.464 e. The molecule has 0 aliphatic rings. The predicted octanol–water partition coefficient (Wildman–Crippen LogP) is 2.53. The molecule has 0 saturated carbocycles. The zero-order chi connectivity index (χ0) is 9.26. The van der Waals surface area contributed by atoms with E-state index in [4.69, 9.17) is 9.52 Å². The van der Waals surface area contributed by atoms with Crippen molar-refractivity contribution in [3.63, 3.8) is 0 Å². The van der Waals surface area contributed by atoms with E-state index in [9.17, 15) is 0 Å². The molecule has 0 aliphatic carbocycles. The van der Waals surface area contributed by atoms with Gasteiger partial charge < -0.3 is 9.52 Å². The van der Waals surface area contributed by atoms with Crippen LogP contribution in [0.25, 0.3) is 11.0 Å². The van der Waals surface area contributed by atoms with Crippen LogP contribution in [0.4, 0.5) is 0 Å². The van der Waals surface area contributed by atoms with E-state index in [1.165, 1.54) is 0 Å². The summed E-state index contributed by atoms with van der Waals surface area (Å²) in [5.41, 5.74) is 1.97. The van der Waals surface area contributed by atoms with Crippen LogP contribution in [-0.4, -0.2) is 11.7 Å². The Labute approximate surface area is 76.8 Å². The summed E-state index contributed by atoms with van der Waals surface area (Å²) in [6.45, 7) is 2.14. The number of rotatable bonds is 2. The molecule has 1 N–H and O–H groups in total. The van der Waals surface area contributed by atoms with Gasteiger partial charge in [0.25, 0.3) is 0 Å². The molecular formula is C11H12O2. The number of fused-ring (bicyclic) bond motifs is 1. The van der Waals surface area contributed by atoms with Gasteiger partial charge in [-0.2, -0.15) is 0 Å². The summed E-state index contributed by atoms with van der Waals surface area (Å²) in [5, 5.41) is 10.1. The van der Waals surface area contributed by atoms with Gasteiger partial charge in [0.05, 0.1) is 6.26 Å². The summed E-state index contributed by atoms with van der Waals surface area (Å²) >= 11 is 0. The number of hydrogen-bond acceptors (Lipinski definition) is 2. The lowest BCUT2D eigenvalue weighted by Gasteiger charge is -2.03. The number of furan rings is 1. The van der Waals surface area contributed by atoms with Gasteiger partial charge in [0.15, 0.2) is 0 Å². The molecule has 2 rings (SSSR count). The molecule has 68 valence electrons. The molecule has 1 atom stereocenters. The Morgan fingerprint density at radius 3 is 2.92 bits per heavy atom. The minimum atomic E-state index is 0.142. The molecule has 0 amide bonds. The standard InChI is InChI=1S/C11H12O2/c1-8(6-12)10-7-13-11-5-3-2-4-9(10)11/h2-5,7-8,12H,6H2,1H3. The van der Waals surface area contributed by atoms with E-state index in [0.29, 0.717) is 0 Å². The fraction of sp³-hybridized carbons (Fsp3) is 0.273. The summed E-state index contributed by atoms with van der Waals surface area (Å²) in [6, 6.07) is 7.87. The van der Waals surface area contributed by atoms with Crippen LogP contribution in [0.5, 0.6) is 0 Å². The summed E-state index contributed by atoms with van der Waals surface area (Å²) < 4.78 is 5.36. The molecule has 1 aromatic carbocycles. The van der Waals surface area contributed by atoms with Crippen LogP contribution >= 0.6 is 0 Å². The van der Waals surface area contributed by atoms with E-state index >= 15 is 0 Å². The zero-order valence-electron chi connectivity index (χ0n) is 7.53. The maximum absolute atomic E-state index is 9.02. The van der Waals surface area contributed by atoms with Crippen LogP contribution < -0.4 is 0 Å². The number of para-hydroxylation sites is 1. The van der Waals surface area contributed by atoms with Gasteiger partial charge in [-0.25, -0.2) is 0 Å². The molecule has 0 aliphatic heterocycles. The lowest BCUT2D eigenvalue weighted by atomic mass is 10.0. The van der Waals surface area contributed by atoms with Crippen molar-refractivity contribution in [1.29, 1.82) is 0 Å². The van der Waals surface area contributed by atoms with Crippen molar-refractivity contribution in [3.05, 3.63) is 36.1 Å². The van der Waals surface area contributed by atoms with Gasteiger partial charge in [-0.05, 0) is 6.07 Å². The lowest BCUT2D eigenvalue weighted by molar-refractivity contribution is 0.273. The van der Waals surface area contributed by atoms with Gasteiger partial charge in [-0.15, -0.1) is 0 Å². The van der Waals surface area contributed by atoms with Gasteiger partial charge in [-0.3, -0.25) is 0 Å². The summed E-state index contributed by atoms with van der Waals surface area (Å²) in [4.78, 5) is 0. The average Bonchev–Trinajstić information content (AvgIpc) is 2.60. The van der Waals surface area contributed by atoms with Crippen molar-refractivity contribution in [2.45, 2.75) is 12.8 Å². The van der Waals surface area contributed by atoms with Crippen LogP contribution in [0.2, 0.25) is 0 Å². The number of hydrogen-bond donors (Lipinski definition) is 1. The topological polar surface area (TPSA) is 33.4 Å². The maximum Gasteiger partial charge on any atom is 0.134 e. The minimum Gasteiger partial charge on any atom is -0.464 e. The Balaban J connectivity index is 2.57. The van der Waals surface area contributed by atoms with Crippen molar-refractivity contribution in [2.24, 2.45) is 0 Å². The molecule has 0 radical (unpaired) electrons. The average molecular weight is 176 g/mol. The molecular weight excluding hydrogens is 164 g/mol. The maximum atomic E-state index is 9.02. The SMILES string of the molecule is CC(CO)c1coc2ccccc12. The highest BCUT2D eigenvalue weighted by molar-refractivity contribution is 5.81. The first kappa shape index (κ1) is 8.32. The Bertz CT molecular complexity index is 403. The zero-order valence-corrected chi connectivity index (χ0v) is 7.53. The fourth-order valence-electron chi connectivity index (χ4n) is 1.48. The number of benzene rings is 1. The van der Waals surface area contributed by atoms with Gasteiger partial charge >= 0.3 is 0 Å². The summed E-state index contributed by atoms with van der Waals surface area (Å²) in [6.07, 6.45) is 1.73. The number of aliphatic hydroxyl groups is 1. The van der Waals surface area contributed by atoms with Crippen molar-refractivity contribution in [3.8, 4) is 0 Å². The molecule has 1 unspecified atom stereocenters. The fourth-order valence-corrected chi connectivity index (χ4v) is 1.48. The highest BCUT2D eigenvalue weighted by atomic mass is 16.3. The van der Waals surface area contributed by atoms with E-state index in [0.717, 1.165) is 16.5 Å². The normalized spacial score (nSPS) is 13.4. The third-order valence-corrected chi connectivity index (χ3v) is 2.32. The molecule has 13 heavy (non-hydrogen) atoms. The second-order valence-electron chi connectivity index (χ2n) is 3.27. The second-order valence-corrected chi connectivity index (χ2v) is 3.27. The molecule has 1 heterocycles. The molecule has 1 aromatic heterocycles. The molecule has 0 fully saturated rings. The first-order valence-corrected chi connectivity index (χ1v) is 4.40. The molecule has 2 aromatic rings. The molecule has 0 saturated heterocycles. The first-order chi connectivity index (χ1) is 6.33. The van der Waals surface area contributed by atoms with E-state index in [1.54, 1.807) is 6.26 Å². The molecule has 0 spiro atoms. The van der Waals surface area contributed by atoms with Crippen molar-refractivity contribution < 1.29 is 9.52 Å². The van der Waals surface area contributed by atoms with Crippen molar-refractivity contribution in [1.82, 2.24) is 0 Å². The Hall–Kier alpha value is -1.28. The molecule has 2 nitrogen and oxygen atoms in total. The third kappa shape index (κ3) is 1.33. The van der Waals surface area contributed by atoms with E-state index in [1.807, 2.05) is 31.2 Å². The van der Waals surface area contributed by atoms with E-state index in [-0.39, 0.29) is 12.5 Å². The lowest BCUT2D eigenvalue weighted by Crippen LogP contribution is -1.96. The molecule has 2 heteroatoms. The Morgan fingerprint density at radius 1 is 1.38 bits per heavy atom. The van der Waals surface area contributed by atoms with Gasteiger partial charge in [0, 0.05) is 23.5 Å². The van der Waals surface area contributed by atoms with E-state index < -0.39 is 0 Å². The van der Waals surface area contributed by atoms with Crippen LogP contribution in [0.1, 0.15) is 18.4 Å². The monoisotopic (exact) mass is 176 g/mol. The minimum absolute atomic E-state index is 0.142. The van der Waals surface area contributed by atoms with Gasteiger partial charge in [0.2, 0.25) is 0 Å². The first-order valence-electron chi connectivity index (χ1n) is 4.40. The smallest absolute Gasteiger partial charge is 0.134 e. The third-order valence-electron chi connectivity index (χ3n) is 2.32. The highest BCUT2D eigenvalue weighted by Crippen LogP contribution is 2.26. The Morgan fingerprint density at radius 2 is 2.15 bits per heavy atom. The number of aliphatic hydroxyl groups excluding tert-OH is 1.